The van der Waals surface area contributed by atoms with Crippen LogP contribution in [0.1, 0.15) is 17.0 Å². The molecule has 13 heavy (non-hydrogen) atoms. The van der Waals surface area contributed by atoms with E-state index in [0.29, 0.717) is 5.75 Å². The molecule has 1 aromatic carbocycles. The minimum atomic E-state index is -0.812. The first-order valence-electron chi connectivity index (χ1n) is 4.15. The van der Waals surface area contributed by atoms with Gasteiger partial charge in [0.05, 0.1) is 0 Å². The number of carboxylic acids is 1. The normalized spacial score (nSPS) is 19.3. The second-order valence-electron chi connectivity index (χ2n) is 3.19. The highest BCUT2D eigenvalue weighted by molar-refractivity contribution is 5.79. The largest absolute Gasteiger partial charge is 0.492 e. The van der Waals surface area contributed by atoms with Gasteiger partial charge in [0.1, 0.15) is 18.3 Å². The van der Waals surface area contributed by atoms with Crippen molar-refractivity contribution < 1.29 is 14.6 Å². The molecular weight excluding hydrogens is 168 g/mol. The number of benzene rings is 1. The van der Waals surface area contributed by atoms with Crippen LogP contribution < -0.4 is 4.74 Å². The van der Waals surface area contributed by atoms with E-state index >= 15 is 0 Å². The summed E-state index contributed by atoms with van der Waals surface area (Å²) in [4.78, 5) is 10.8. The fourth-order valence-electron chi connectivity index (χ4n) is 1.68. The van der Waals surface area contributed by atoms with Crippen molar-refractivity contribution in [1.82, 2.24) is 0 Å². The van der Waals surface area contributed by atoms with E-state index in [1.807, 2.05) is 25.1 Å². The van der Waals surface area contributed by atoms with Crippen molar-refractivity contribution in [1.29, 1.82) is 0 Å². The van der Waals surface area contributed by atoms with Crippen molar-refractivity contribution in [3.8, 4) is 5.75 Å². The van der Waals surface area contributed by atoms with Gasteiger partial charge in [-0.05, 0) is 18.6 Å². The van der Waals surface area contributed by atoms with Crippen LogP contribution in [0.4, 0.5) is 0 Å². The summed E-state index contributed by atoms with van der Waals surface area (Å²) in [6.07, 6.45) is 0. The molecule has 0 fully saturated rings. The molecule has 0 saturated carbocycles. The predicted octanol–water partition coefficient (Wildman–Crippen LogP) is 1.56. The molecule has 0 bridgehead atoms. The summed E-state index contributed by atoms with van der Waals surface area (Å²) in [5.41, 5.74) is 1.82. The van der Waals surface area contributed by atoms with Gasteiger partial charge in [-0.15, -0.1) is 0 Å². The Morgan fingerprint density at radius 1 is 1.62 bits per heavy atom. The molecule has 0 aromatic heterocycles. The molecule has 2 rings (SSSR count). The van der Waals surface area contributed by atoms with Gasteiger partial charge in [0.25, 0.3) is 0 Å². The molecule has 1 aliphatic heterocycles. The average Bonchev–Trinajstić information content (AvgIpc) is 2.49. The lowest BCUT2D eigenvalue weighted by Gasteiger charge is -2.04. The number of rotatable bonds is 1. The van der Waals surface area contributed by atoms with E-state index in [9.17, 15) is 4.79 Å². The monoisotopic (exact) mass is 178 g/mol. The number of aliphatic carboxylic acids is 1. The third-order valence-corrected chi connectivity index (χ3v) is 2.34. The minimum Gasteiger partial charge on any atom is -0.492 e. The van der Waals surface area contributed by atoms with Crippen molar-refractivity contribution in [3.05, 3.63) is 29.3 Å². The Morgan fingerprint density at radius 2 is 2.38 bits per heavy atom. The number of ether oxygens (including phenoxy) is 1. The van der Waals surface area contributed by atoms with E-state index in [1.165, 1.54) is 0 Å². The zero-order valence-corrected chi connectivity index (χ0v) is 7.28. The third-order valence-electron chi connectivity index (χ3n) is 2.34. The summed E-state index contributed by atoms with van der Waals surface area (Å²) >= 11 is 0. The zero-order chi connectivity index (χ0) is 9.42. The van der Waals surface area contributed by atoms with Crippen molar-refractivity contribution >= 4 is 5.97 Å². The summed E-state index contributed by atoms with van der Waals surface area (Å²) in [6, 6.07) is 5.59. The highest BCUT2D eigenvalue weighted by atomic mass is 16.5. The Bertz CT molecular complexity index is 357. The number of carbonyl (C=O) groups is 1. The molecule has 1 atom stereocenters. The van der Waals surface area contributed by atoms with Crippen LogP contribution in [0.2, 0.25) is 0 Å². The van der Waals surface area contributed by atoms with E-state index in [2.05, 4.69) is 0 Å². The van der Waals surface area contributed by atoms with Gasteiger partial charge in [-0.25, -0.2) is 0 Å². The third kappa shape index (κ3) is 1.16. The maximum atomic E-state index is 10.8. The van der Waals surface area contributed by atoms with E-state index in [0.717, 1.165) is 11.1 Å². The Hall–Kier alpha value is -1.51. The lowest BCUT2D eigenvalue weighted by Crippen LogP contribution is -2.13. The van der Waals surface area contributed by atoms with Crippen LogP contribution in [0.3, 0.4) is 0 Å². The van der Waals surface area contributed by atoms with E-state index in [1.54, 1.807) is 0 Å². The highest BCUT2D eigenvalue weighted by Crippen LogP contribution is 2.36. The van der Waals surface area contributed by atoms with Gasteiger partial charge in [0.15, 0.2) is 0 Å². The highest BCUT2D eigenvalue weighted by Gasteiger charge is 2.31. The molecule has 1 aromatic rings. The molecule has 0 radical (unpaired) electrons. The molecule has 3 heteroatoms. The smallest absolute Gasteiger partial charge is 0.314 e. The second kappa shape index (κ2) is 2.76. The van der Waals surface area contributed by atoms with Crippen LogP contribution in [0, 0.1) is 6.92 Å². The van der Waals surface area contributed by atoms with Gasteiger partial charge in [-0.1, -0.05) is 12.1 Å². The van der Waals surface area contributed by atoms with Gasteiger partial charge in [0.2, 0.25) is 0 Å². The summed E-state index contributed by atoms with van der Waals surface area (Å²) in [7, 11) is 0. The van der Waals surface area contributed by atoms with Crippen molar-refractivity contribution in [2.24, 2.45) is 0 Å². The van der Waals surface area contributed by atoms with Gasteiger partial charge in [-0.2, -0.15) is 0 Å². The van der Waals surface area contributed by atoms with Gasteiger partial charge < -0.3 is 9.84 Å². The number of aryl methyl sites for hydroxylation is 1. The minimum absolute atomic E-state index is 0.259. The molecule has 1 heterocycles. The Labute approximate surface area is 76.0 Å². The summed E-state index contributed by atoms with van der Waals surface area (Å²) < 4.78 is 5.27. The van der Waals surface area contributed by atoms with Gasteiger partial charge in [0, 0.05) is 5.56 Å². The molecular formula is C10H10O3. The summed E-state index contributed by atoms with van der Waals surface area (Å²) in [6.45, 7) is 2.17. The second-order valence-corrected chi connectivity index (χ2v) is 3.19. The predicted molar refractivity (Wildman–Crippen MR) is 47.1 cm³/mol. The van der Waals surface area contributed by atoms with Gasteiger partial charge in [-0.3, -0.25) is 4.79 Å². The maximum Gasteiger partial charge on any atom is 0.314 e. The van der Waals surface area contributed by atoms with E-state index < -0.39 is 11.9 Å². The van der Waals surface area contributed by atoms with Crippen LogP contribution in [-0.4, -0.2) is 17.7 Å². The van der Waals surface area contributed by atoms with Crippen molar-refractivity contribution in [2.45, 2.75) is 12.8 Å². The lowest BCUT2D eigenvalue weighted by atomic mass is 9.97. The molecule has 0 saturated heterocycles. The van der Waals surface area contributed by atoms with E-state index in [-0.39, 0.29) is 6.61 Å². The molecule has 1 N–H and O–H groups in total. The first kappa shape index (κ1) is 8.10. The Kier molecular flexibility index (Phi) is 1.72. The molecule has 1 aliphatic rings. The summed E-state index contributed by atoms with van der Waals surface area (Å²) in [5.74, 6) is -0.586. The number of fused-ring (bicyclic) bond motifs is 1. The fourth-order valence-corrected chi connectivity index (χ4v) is 1.68. The van der Waals surface area contributed by atoms with Crippen molar-refractivity contribution in [2.75, 3.05) is 6.61 Å². The number of hydrogen-bond donors (Lipinski definition) is 1. The zero-order valence-electron chi connectivity index (χ0n) is 7.28. The number of hydrogen-bond acceptors (Lipinski definition) is 2. The standard InChI is InChI=1S/C10H10O3/c1-6-3-2-4-8-9(6)7(5-13-8)10(11)12/h2-4,7H,5H2,1H3,(H,11,12). The first-order chi connectivity index (χ1) is 6.20. The lowest BCUT2D eigenvalue weighted by molar-refractivity contribution is -0.139. The Balaban J connectivity index is 2.52. The molecule has 0 spiro atoms. The molecule has 68 valence electrons. The van der Waals surface area contributed by atoms with Crippen LogP contribution in [0.5, 0.6) is 5.75 Å². The quantitative estimate of drug-likeness (QED) is 0.709. The van der Waals surface area contributed by atoms with Crippen LogP contribution >= 0.6 is 0 Å². The first-order valence-corrected chi connectivity index (χ1v) is 4.15. The topological polar surface area (TPSA) is 46.5 Å². The molecule has 3 nitrogen and oxygen atoms in total. The molecule has 0 amide bonds. The average molecular weight is 178 g/mol. The SMILES string of the molecule is Cc1cccc2c1C(C(=O)O)CO2. The van der Waals surface area contributed by atoms with Gasteiger partial charge >= 0.3 is 5.97 Å². The maximum absolute atomic E-state index is 10.8. The fraction of sp³-hybridized carbons (Fsp3) is 0.300. The van der Waals surface area contributed by atoms with Crippen LogP contribution in [0.25, 0.3) is 0 Å². The van der Waals surface area contributed by atoms with Crippen LogP contribution in [-0.2, 0) is 4.79 Å². The van der Waals surface area contributed by atoms with Crippen LogP contribution in [0.15, 0.2) is 18.2 Å². The number of carboxylic acid groups (broad SMARTS) is 1. The van der Waals surface area contributed by atoms with Crippen molar-refractivity contribution in [3.63, 3.8) is 0 Å². The summed E-state index contributed by atoms with van der Waals surface area (Å²) in [5, 5.41) is 8.90. The Morgan fingerprint density at radius 3 is 3.08 bits per heavy atom. The molecule has 0 aliphatic carbocycles. The van der Waals surface area contributed by atoms with E-state index in [4.69, 9.17) is 9.84 Å². The molecule has 1 unspecified atom stereocenters.